The molecule has 7 heteroatoms. The fraction of sp³-hybridized carbons (Fsp3) is 0.105. The largest absolute Gasteiger partial charge is 0.493 e. The van der Waals surface area contributed by atoms with Crippen molar-refractivity contribution in [3.8, 4) is 11.6 Å². The van der Waals surface area contributed by atoms with E-state index in [2.05, 4.69) is 9.98 Å². The molecule has 2 aromatic carbocycles. The standard InChI is InChI=1S/C19H16FN3O3/c1-12(21-11-13-7-9-14(20)10-8-13)16-17(24)22-19(26)23(18(16)25)15-5-3-2-4-6-15/h2-10,25H,11H2,1H3,(H,22,24,26). The van der Waals surface area contributed by atoms with E-state index in [1.807, 2.05) is 0 Å². The molecule has 0 bridgehead atoms. The molecular weight excluding hydrogens is 337 g/mol. The summed E-state index contributed by atoms with van der Waals surface area (Å²) in [5.74, 6) is -0.830. The van der Waals surface area contributed by atoms with Gasteiger partial charge in [-0.05, 0) is 36.8 Å². The van der Waals surface area contributed by atoms with Crippen molar-refractivity contribution in [2.45, 2.75) is 13.5 Å². The van der Waals surface area contributed by atoms with Crippen molar-refractivity contribution in [1.82, 2.24) is 9.55 Å². The Morgan fingerprint density at radius 1 is 1.12 bits per heavy atom. The van der Waals surface area contributed by atoms with Crippen LogP contribution < -0.4 is 11.2 Å². The number of aromatic amines is 1. The second-order valence-corrected chi connectivity index (χ2v) is 5.66. The number of para-hydroxylation sites is 1. The normalized spacial score (nSPS) is 11.5. The van der Waals surface area contributed by atoms with Crippen molar-refractivity contribution >= 4 is 5.71 Å². The molecule has 0 aliphatic carbocycles. The lowest BCUT2D eigenvalue weighted by atomic mass is 10.2. The summed E-state index contributed by atoms with van der Waals surface area (Å²) in [5, 5.41) is 10.5. The van der Waals surface area contributed by atoms with E-state index >= 15 is 0 Å². The lowest BCUT2D eigenvalue weighted by Crippen LogP contribution is -2.32. The van der Waals surface area contributed by atoms with E-state index in [-0.39, 0.29) is 23.6 Å². The third kappa shape index (κ3) is 3.46. The quantitative estimate of drug-likeness (QED) is 0.706. The molecule has 3 rings (SSSR count). The number of halogens is 1. The van der Waals surface area contributed by atoms with Gasteiger partial charge in [-0.1, -0.05) is 30.3 Å². The van der Waals surface area contributed by atoms with Gasteiger partial charge in [-0.25, -0.2) is 13.8 Å². The van der Waals surface area contributed by atoms with Crippen LogP contribution in [-0.2, 0) is 6.54 Å². The molecule has 0 radical (unpaired) electrons. The van der Waals surface area contributed by atoms with E-state index in [0.29, 0.717) is 5.69 Å². The Bertz CT molecular complexity index is 1070. The highest BCUT2D eigenvalue weighted by Crippen LogP contribution is 2.17. The summed E-state index contributed by atoms with van der Waals surface area (Å²) < 4.78 is 14.0. The first-order chi connectivity index (χ1) is 12.5. The van der Waals surface area contributed by atoms with Crippen molar-refractivity contribution in [3.05, 3.63) is 92.4 Å². The Morgan fingerprint density at radius 2 is 1.77 bits per heavy atom. The zero-order valence-electron chi connectivity index (χ0n) is 13.9. The predicted octanol–water partition coefficient (Wildman–Crippen LogP) is 2.38. The molecule has 0 saturated heterocycles. The van der Waals surface area contributed by atoms with Gasteiger partial charge in [-0.3, -0.25) is 14.8 Å². The third-order valence-electron chi connectivity index (χ3n) is 3.87. The van der Waals surface area contributed by atoms with E-state index in [4.69, 9.17) is 0 Å². The van der Waals surface area contributed by atoms with Gasteiger partial charge in [0.1, 0.15) is 11.4 Å². The molecule has 1 aromatic heterocycles. The van der Waals surface area contributed by atoms with Crippen LogP contribution in [-0.4, -0.2) is 20.4 Å². The highest BCUT2D eigenvalue weighted by Gasteiger charge is 2.17. The van der Waals surface area contributed by atoms with Crippen LogP contribution in [0.25, 0.3) is 5.69 Å². The zero-order chi connectivity index (χ0) is 18.7. The molecule has 6 nitrogen and oxygen atoms in total. The maximum Gasteiger partial charge on any atom is 0.335 e. The zero-order valence-corrected chi connectivity index (χ0v) is 13.9. The molecule has 0 aliphatic rings. The lowest BCUT2D eigenvalue weighted by Gasteiger charge is -2.11. The van der Waals surface area contributed by atoms with E-state index < -0.39 is 17.1 Å². The number of benzene rings is 2. The molecular formula is C19H16FN3O3. The minimum atomic E-state index is -0.742. The number of aromatic nitrogens is 2. The van der Waals surface area contributed by atoms with Crippen LogP contribution in [0.5, 0.6) is 5.88 Å². The molecule has 132 valence electrons. The number of aliphatic imine (C=N–C) groups is 1. The molecule has 0 unspecified atom stereocenters. The molecule has 1 heterocycles. The van der Waals surface area contributed by atoms with E-state index in [1.54, 1.807) is 49.4 Å². The SMILES string of the molecule is CC(=NCc1ccc(F)cc1)c1c(O)n(-c2ccccc2)c(=O)[nH]c1=O. The van der Waals surface area contributed by atoms with Crippen LogP contribution in [0.1, 0.15) is 18.1 Å². The summed E-state index contributed by atoms with van der Waals surface area (Å²) in [4.78, 5) is 30.8. The van der Waals surface area contributed by atoms with Gasteiger partial charge < -0.3 is 5.11 Å². The first-order valence-electron chi connectivity index (χ1n) is 7.87. The van der Waals surface area contributed by atoms with E-state index in [9.17, 15) is 19.1 Å². The molecule has 0 amide bonds. The van der Waals surface area contributed by atoms with Crippen molar-refractivity contribution < 1.29 is 9.50 Å². The highest BCUT2D eigenvalue weighted by atomic mass is 19.1. The van der Waals surface area contributed by atoms with Gasteiger partial charge in [0.25, 0.3) is 5.56 Å². The Balaban J connectivity index is 2.04. The Kier molecular flexibility index (Phi) is 4.79. The van der Waals surface area contributed by atoms with E-state index in [1.165, 1.54) is 12.1 Å². The molecule has 0 atom stereocenters. The summed E-state index contributed by atoms with van der Waals surface area (Å²) in [6, 6.07) is 14.3. The fourth-order valence-corrected chi connectivity index (χ4v) is 2.55. The van der Waals surface area contributed by atoms with Crippen molar-refractivity contribution in [3.63, 3.8) is 0 Å². The van der Waals surface area contributed by atoms with Gasteiger partial charge >= 0.3 is 5.69 Å². The summed E-state index contributed by atoms with van der Waals surface area (Å²) >= 11 is 0. The number of hydrogen-bond acceptors (Lipinski definition) is 4. The minimum Gasteiger partial charge on any atom is -0.493 e. The predicted molar refractivity (Wildman–Crippen MR) is 96.6 cm³/mol. The van der Waals surface area contributed by atoms with Gasteiger partial charge in [-0.15, -0.1) is 0 Å². The first-order valence-corrected chi connectivity index (χ1v) is 7.87. The number of rotatable bonds is 4. The summed E-state index contributed by atoms with van der Waals surface area (Å²) in [5.41, 5.74) is -0.126. The number of nitrogens with zero attached hydrogens (tertiary/aromatic N) is 2. The molecule has 0 aliphatic heterocycles. The summed E-state index contributed by atoms with van der Waals surface area (Å²) in [6.07, 6.45) is 0. The van der Waals surface area contributed by atoms with Crippen molar-refractivity contribution in [1.29, 1.82) is 0 Å². The Morgan fingerprint density at radius 3 is 2.42 bits per heavy atom. The molecule has 3 aromatic rings. The molecule has 2 N–H and O–H groups in total. The van der Waals surface area contributed by atoms with E-state index in [0.717, 1.165) is 10.1 Å². The molecule has 26 heavy (non-hydrogen) atoms. The van der Waals surface area contributed by atoms with Gasteiger partial charge in [0.05, 0.1) is 17.9 Å². The van der Waals surface area contributed by atoms with Crippen LogP contribution in [0.3, 0.4) is 0 Å². The van der Waals surface area contributed by atoms with Crippen LogP contribution in [0.15, 0.2) is 69.2 Å². The lowest BCUT2D eigenvalue weighted by molar-refractivity contribution is 0.429. The number of aromatic hydroxyl groups is 1. The average Bonchev–Trinajstić information content (AvgIpc) is 2.61. The third-order valence-corrected chi connectivity index (χ3v) is 3.87. The summed E-state index contributed by atoms with van der Waals surface area (Å²) in [7, 11) is 0. The maximum atomic E-state index is 13.0. The fourth-order valence-electron chi connectivity index (χ4n) is 2.55. The van der Waals surface area contributed by atoms with Crippen molar-refractivity contribution in [2.24, 2.45) is 4.99 Å². The second-order valence-electron chi connectivity index (χ2n) is 5.66. The smallest absolute Gasteiger partial charge is 0.335 e. The number of hydrogen-bond donors (Lipinski definition) is 2. The van der Waals surface area contributed by atoms with Gasteiger partial charge in [0.2, 0.25) is 5.88 Å². The minimum absolute atomic E-state index is 0.0874. The van der Waals surface area contributed by atoms with Crippen molar-refractivity contribution in [2.75, 3.05) is 0 Å². The highest BCUT2D eigenvalue weighted by molar-refractivity contribution is 6.00. The van der Waals surface area contributed by atoms with Crippen LogP contribution in [0, 0.1) is 5.82 Å². The Labute approximate surface area is 147 Å². The summed E-state index contributed by atoms with van der Waals surface area (Å²) in [6.45, 7) is 1.77. The topological polar surface area (TPSA) is 87.4 Å². The van der Waals surface area contributed by atoms with Crippen LogP contribution in [0.4, 0.5) is 4.39 Å². The number of H-pyrrole nitrogens is 1. The van der Waals surface area contributed by atoms with Crippen LogP contribution in [0.2, 0.25) is 0 Å². The molecule has 0 fully saturated rings. The van der Waals surface area contributed by atoms with Gasteiger partial charge in [0.15, 0.2) is 0 Å². The molecule has 0 spiro atoms. The van der Waals surface area contributed by atoms with Gasteiger partial charge in [-0.2, -0.15) is 0 Å². The van der Waals surface area contributed by atoms with Crippen LogP contribution >= 0.6 is 0 Å². The van der Waals surface area contributed by atoms with Gasteiger partial charge in [0, 0.05) is 0 Å². The second kappa shape index (κ2) is 7.18. The first kappa shape index (κ1) is 17.3. The average molecular weight is 353 g/mol. The Hall–Kier alpha value is -3.48. The molecule has 0 saturated carbocycles. The monoisotopic (exact) mass is 353 g/mol. The maximum absolute atomic E-state index is 13.0. The number of nitrogens with one attached hydrogen (secondary N) is 1.